The molecule has 0 saturated heterocycles. The fraction of sp³-hybridized carbons (Fsp3) is 0.161. The number of halogens is 3. The topological polar surface area (TPSA) is 92.8 Å². The van der Waals surface area contributed by atoms with E-state index in [9.17, 15) is 22.4 Å². The second-order valence-corrected chi connectivity index (χ2v) is 12.1. The minimum absolute atomic E-state index is 0.000725. The van der Waals surface area contributed by atoms with Gasteiger partial charge in [-0.1, -0.05) is 71.2 Å². The zero-order chi connectivity index (χ0) is 30.4. The first-order valence-corrected chi connectivity index (χ1v) is 15.1. The van der Waals surface area contributed by atoms with Crippen LogP contribution in [0.2, 0.25) is 10.0 Å². The second-order valence-electron chi connectivity index (χ2n) is 9.37. The lowest BCUT2D eigenvalue weighted by Crippen LogP contribution is -2.30. The predicted molar refractivity (Wildman–Crippen MR) is 161 cm³/mol. The Hall–Kier alpha value is -3.76. The molecule has 4 aromatic carbocycles. The first-order chi connectivity index (χ1) is 20.0. The molecular formula is C31H27Cl2FN2O5S. The summed E-state index contributed by atoms with van der Waals surface area (Å²) < 4.78 is 49.0. The van der Waals surface area contributed by atoms with Gasteiger partial charge in [-0.2, -0.15) is 4.31 Å². The Morgan fingerprint density at radius 2 is 1.52 bits per heavy atom. The van der Waals surface area contributed by atoms with Crippen LogP contribution in [0.3, 0.4) is 0 Å². The normalized spacial score (nSPS) is 11.4. The van der Waals surface area contributed by atoms with Gasteiger partial charge < -0.3 is 10.1 Å². The molecule has 0 aliphatic rings. The molecule has 42 heavy (non-hydrogen) atoms. The van der Waals surface area contributed by atoms with E-state index in [-0.39, 0.29) is 40.3 Å². The number of ether oxygens (including phenoxy) is 1. The van der Waals surface area contributed by atoms with Crippen LogP contribution in [-0.4, -0.2) is 31.2 Å². The largest absolute Gasteiger partial charge is 0.462 e. The summed E-state index contributed by atoms with van der Waals surface area (Å²) in [5.41, 5.74) is 2.34. The zero-order valence-electron chi connectivity index (χ0n) is 22.7. The minimum Gasteiger partial charge on any atom is -0.462 e. The van der Waals surface area contributed by atoms with Crippen molar-refractivity contribution in [3.8, 4) is 0 Å². The van der Waals surface area contributed by atoms with Crippen LogP contribution in [0, 0.1) is 12.7 Å². The van der Waals surface area contributed by atoms with Crippen LogP contribution >= 0.6 is 23.2 Å². The zero-order valence-corrected chi connectivity index (χ0v) is 25.1. The number of nitrogens with zero attached hydrogens (tertiary/aromatic N) is 1. The van der Waals surface area contributed by atoms with E-state index in [1.54, 1.807) is 37.3 Å². The second kappa shape index (κ2) is 13.5. The Labute approximate surface area is 253 Å². The van der Waals surface area contributed by atoms with Crippen LogP contribution < -0.4 is 5.32 Å². The quantitative estimate of drug-likeness (QED) is 0.187. The highest BCUT2D eigenvalue weighted by molar-refractivity contribution is 7.89. The molecule has 4 aromatic rings. The molecule has 0 saturated carbocycles. The smallest absolute Gasteiger partial charge is 0.338 e. The highest BCUT2D eigenvalue weighted by atomic mass is 35.5. The Kier molecular flexibility index (Phi) is 10.0. The molecule has 0 aliphatic heterocycles. The summed E-state index contributed by atoms with van der Waals surface area (Å²) >= 11 is 12.2. The Morgan fingerprint density at radius 1 is 0.905 bits per heavy atom. The third-order valence-electron chi connectivity index (χ3n) is 6.32. The highest BCUT2D eigenvalue weighted by Gasteiger charge is 2.27. The number of aryl methyl sites for hydroxylation is 1. The van der Waals surface area contributed by atoms with Crippen LogP contribution in [-0.2, 0) is 27.8 Å². The fourth-order valence-electron chi connectivity index (χ4n) is 4.07. The first kappa shape index (κ1) is 31.2. The van der Waals surface area contributed by atoms with Gasteiger partial charge in [0.15, 0.2) is 0 Å². The van der Waals surface area contributed by atoms with Crippen LogP contribution in [0.25, 0.3) is 0 Å². The molecule has 11 heteroatoms. The minimum atomic E-state index is -4.26. The van der Waals surface area contributed by atoms with Crippen molar-refractivity contribution in [2.75, 3.05) is 11.9 Å². The van der Waals surface area contributed by atoms with Crippen LogP contribution in [0.15, 0.2) is 89.8 Å². The maximum absolute atomic E-state index is 14.8. The molecule has 0 unspecified atom stereocenters. The fourth-order valence-corrected chi connectivity index (χ4v) is 5.86. The standard InChI is InChI=1S/C31H27Cl2FN2O5S/c1-3-41-31(38)23-13-11-22(12-14-23)19-36(18-21-9-7-20(2)8-10-21)42(39,40)24-15-16-27(34)25(17-24)30(37)35-28-6-4-5-26(32)29(28)33/h4-17H,3,18-19H2,1-2H3,(H,35,37). The molecule has 218 valence electrons. The molecule has 0 bridgehead atoms. The lowest BCUT2D eigenvalue weighted by atomic mass is 10.1. The number of carbonyl (C=O) groups is 2. The summed E-state index contributed by atoms with van der Waals surface area (Å²) in [4.78, 5) is 24.8. The molecule has 1 amide bonds. The van der Waals surface area contributed by atoms with Gasteiger partial charge in [-0.25, -0.2) is 17.6 Å². The molecule has 0 fully saturated rings. The maximum atomic E-state index is 14.8. The number of amides is 1. The summed E-state index contributed by atoms with van der Waals surface area (Å²) in [5, 5.41) is 2.74. The number of anilines is 1. The average molecular weight is 630 g/mol. The molecule has 0 spiro atoms. The van der Waals surface area contributed by atoms with Gasteiger partial charge >= 0.3 is 5.97 Å². The number of benzene rings is 4. The third kappa shape index (κ3) is 7.35. The van der Waals surface area contributed by atoms with Gasteiger partial charge in [-0.05, 0) is 67.4 Å². The summed E-state index contributed by atoms with van der Waals surface area (Å²) in [7, 11) is -4.26. The van der Waals surface area contributed by atoms with E-state index in [0.717, 1.165) is 29.3 Å². The van der Waals surface area contributed by atoms with Crippen molar-refractivity contribution in [2.24, 2.45) is 0 Å². The summed E-state index contributed by atoms with van der Waals surface area (Å²) in [6.07, 6.45) is 0. The van der Waals surface area contributed by atoms with Crippen molar-refractivity contribution in [2.45, 2.75) is 31.8 Å². The number of hydrogen-bond donors (Lipinski definition) is 1. The monoisotopic (exact) mass is 628 g/mol. The molecular weight excluding hydrogens is 602 g/mol. The van der Waals surface area contributed by atoms with Gasteiger partial charge in [-0.15, -0.1) is 0 Å². The van der Waals surface area contributed by atoms with Crippen LogP contribution in [0.1, 0.15) is 44.3 Å². The first-order valence-electron chi connectivity index (χ1n) is 12.9. The Morgan fingerprint density at radius 3 is 2.14 bits per heavy atom. The van der Waals surface area contributed by atoms with Crippen LogP contribution in [0.5, 0.6) is 0 Å². The Bertz CT molecular complexity index is 1710. The summed E-state index contributed by atoms with van der Waals surface area (Å²) in [6.45, 7) is 3.80. The van der Waals surface area contributed by atoms with Crippen molar-refractivity contribution in [1.82, 2.24) is 4.31 Å². The summed E-state index contributed by atoms with van der Waals surface area (Å²) in [6, 6.07) is 21.4. The highest BCUT2D eigenvalue weighted by Crippen LogP contribution is 2.30. The van der Waals surface area contributed by atoms with Gasteiger partial charge in [-0.3, -0.25) is 4.79 Å². The van der Waals surface area contributed by atoms with Gasteiger partial charge in [0, 0.05) is 13.1 Å². The number of sulfonamides is 1. The molecule has 7 nitrogen and oxygen atoms in total. The number of esters is 1. The molecule has 0 aromatic heterocycles. The maximum Gasteiger partial charge on any atom is 0.338 e. The molecule has 0 atom stereocenters. The lowest BCUT2D eigenvalue weighted by Gasteiger charge is -2.23. The van der Waals surface area contributed by atoms with Gasteiger partial charge in [0.25, 0.3) is 5.91 Å². The van der Waals surface area contributed by atoms with Crippen LogP contribution in [0.4, 0.5) is 10.1 Å². The van der Waals surface area contributed by atoms with Crippen molar-refractivity contribution in [3.05, 3.63) is 129 Å². The Balaban J connectivity index is 1.67. The molecule has 0 radical (unpaired) electrons. The van der Waals surface area contributed by atoms with Crippen molar-refractivity contribution < 1.29 is 27.1 Å². The SMILES string of the molecule is CCOC(=O)c1ccc(CN(Cc2ccc(C)cc2)S(=O)(=O)c2ccc(F)c(C(=O)Nc3cccc(Cl)c3Cl)c2)cc1. The third-order valence-corrected chi connectivity index (χ3v) is 8.93. The van der Waals surface area contributed by atoms with Crippen molar-refractivity contribution >= 4 is 50.8 Å². The number of hydrogen-bond acceptors (Lipinski definition) is 5. The van der Waals surface area contributed by atoms with E-state index in [2.05, 4.69) is 5.32 Å². The lowest BCUT2D eigenvalue weighted by molar-refractivity contribution is 0.0526. The molecule has 4 rings (SSSR count). The van der Waals surface area contributed by atoms with Gasteiger partial charge in [0.2, 0.25) is 10.0 Å². The predicted octanol–water partition coefficient (Wildman–Crippen LogP) is 7.26. The van der Waals surface area contributed by atoms with Gasteiger partial charge in [0.1, 0.15) is 5.82 Å². The summed E-state index contributed by atoms with van der Waals surface area (Å²) in [5.74, 6) is -2.29. The number of nitrogens with one attached hydrogen (secondary N) is 1. The molecule has 0 aliphatic carbocycles. The van der Waals surface area contributed by atoms with E-state index < -0.39 is 33.3 Å². The average Bonchev–Trinajstić information content (AvgIpc) is 2.96. The molecule has 1 N–H and O–H groups in total. The van der Waals surface area contributed by atoms with Crippen molar-refractivity contribution in [1.29, 1.82) is 0 Å². The van der Waals surface area contributed by atoms with E-state index in [1.807, 2.05) is 31.2 Å². The molecule has 0 heterocycles. The van der Waals surface area contributed by atoms with E-state index >= 15 is 0 Å². The number of carbonyl (C=O) groups excluding carboxylic acids is 2. The van der Waals surface area contributed by atoms with E-state index in [1.165, 1.54) is 16.4 Å². The van der Waals surface area contributed by atoms with Gasteiger partial charge in [0.05, 0.1) is 38.4 Å². The number of rotatable bonds is 10. The van der Waals surface area contributed by atoms with E-state index in [4.69, 9.17) is 27.9 Å². The van der Waals surface area contributed by atoms with E-state index in [0.29, 0.717) is 11.1 Å². The van der Waals surface area contributed by atoms with Crippen molar-refractivity contribution in [3.63, 3.8) is 0 Å².